The minimum atomic E-state index is -1.01. The summed E-state index contributed by atoms with van der Waals surface area (Å²) in [5, 5.41) is 11.6. The van der Waals surface area contributed by atoms with E-state index in [1.807, 2.05) is 29.8 Å². The zero-order chi connectivity index (χ0) is 24.5. The Balaban J connectivity index is 1.22. The van der Waals surface area contributed by atoms with E-state index in [9.17, 15) is 9.90 Å². The summed E-state index contributed by atoms with van der Waals surface area (Å²) in [6.45, 7) is 5.31. The largest absolute Gasteiger partial charge is 0.384 e. The SMILES string of the molecule is Cn1c(-c2cc3ccc(C(C)(C)O)nc3n2CC2CC2)nc2cc(C(=O)N3C[C@H]4CC5[C@H]4[C@@H]53)cnc21. The summed E-state index contributed by atoms with van der Waals surface area (Å²) >= 11 is 0. The van der Waals surface area contributed by atoms with Gasteiger partial charge in [0.15, 0.2) is 11.5 Å². The highest BCUT2D eigenvalue weighted by Gasteiger charge is 2.71. The number of carbonyl (C=O) groups is 1. The molecule has 5 heterocycles. The van der Waals surface area contributed by atoms with Crippen molar-refractivity contribution in [2.45, 2.75) is 51.3 Å². The molecule has 4 aromatic rings. The van der Waals surface area contributed by atoms with Crippen LogP contribution >= 0.6 is 0 Å². The number of likely N-dealkylation sites (tertiary alicyclic amines) is 1. The Morgan fingerprint density at radius 3 is 2.69 bits per heavy atom. The lowest BCUT2D eigenvalue weighted by molar-refractivity contribution is 0.0695. The molecule has 8 rings (SSSR count). The van der Waals surface area contributed by atoms with Crippen molar-refractivity contribution in [3.05, 3.63) is 41.7 Å². The molecular formula is C28H30N6O2. The van der Waals surface area contributed by atoms with Gasteiger partial charge in [0.1, 0.15) is 16.8 Å². The third-order valence-electron chi connectivity index (χ3n) is 9.05. The van der Waals surface area contributed by atoms with Crippen molar-refractivity contribution in [2.24, 2.45) is 30.7 Å². The third-order valence-corrected chi connectivity index (χ3v) is 9.05. The Morgan fingerprint density at radius 1 is 1.17 bits per heavy atom. The molecule has 4 aliphatic rings. The number of fused-ring (bicyclic) bond motifs is 3. The molecule has 0 spiro atoms. The van der Waals surface area contributed by atoms with Crippen LogP contribution in [0, 0.1) is 23.7 Å². The molecule has 1 amide bonds. The number of nitrogens with zero attached hydrogens (tertiary/aromatic N) is 6. The molecule has 4 atom stereocenters. The van der Waals surface area contributed by atoms with Crippen LogP contribution in [0.4, 0.5) is 0 Å². The molecule has 0 radical (unpaired) electrons. The van der Waals surface area contributed by atoms with Gasteiger partial charge in [-0.2, -0.15) is 0 Å². The molecule has 8 heteroatoms. The van der Waals surface area contributed by atoms with Gasteiger partial charge in [-0.05, 0) is 81.0 Å². The van der Waals surface area contributed by atoms with Crippen LogP contribution in [0.2, 0.25) is 0 Å². The van der Waals surface area contributed by atoms with Crippen LogP contribution in [0.3, 0.4) is 0 Å². The Kier molecular flexibility index (Phi) is 3.91. The van der Waals surface area contributed by atoms with Gasteiger partial charge in [0.05, 0.1) is 17.0 Å². The van der Waals surface area contributed by atoms with E-state index < -0.39 is 5.60 Å². The average molecular weight is 483 g/mol. The van der Waals surface area contributed by atoms with Gasteiger partial charge in [-0.25, -0.2) is 15.0 Å². The highest BCUT2D eigenvalue weighted by atomic mass is 16.3. The summed E-state index contributed by atoms with van der Waals surface area (Å²) in [4.78, 5) is 29.9. The lowest BCUT2D eigenvalue weighted by atomic mass is 9.85. The van der Waals surface area contributed by atoms with Gasteiger partial charge in [-0.3, -0.25) is 4.79 Å². The van der Waals surface area contributed by atoms with Crippen LogP contribution in [-0.4, -0.2) is 52.6 Å². The van der Waals surface area contributed by atoms with Crippen molar-refractivity contribution in [1.29, 1.82) is 0 Å². The lowest BCUT2D eigenvalue weighted by Gasteiger charge is -2.30. The second kappa shape index (κ2) is 6.73. The molecule has 1 unspecified atom stereocenters. The Labute approximate surface area is 209 Å². The van der Waals surface area contributed by atoms with Gasteiger partial charge in [0.25, 0.3) is 5.91 Å². The number of carbonyl (C=O) groups excluding carboxylic acids is 1. The number of amides is 1. The number of hydrogen-bond acceptors (Lipinski definition) is 5. The molecule has 3 saturated carbocycles. The lowest BCUT2D eigenvalue weighted by Crippen LogP contribution is -2.38. The first kappa shape index (κ1) is 20.9. The van der Waals surface area contributed by atoms with Crippen LogP contribution in [0.25, 0.3) is 33.7 Å². The fraction of sp³-hybridized carbons (Fsp3) is 0.500. The third kappa shape index (κ3) is 2.85. The van der Waals surface area contributed by atoms with Crippen molar-refractivity contribution < 1.29 is 9.90 Å². The molecule has 1 saturated heterocycles. The van der Waals surface area contributed by atoms with E-state index in [0.29, 0.717) is 23.2 Å². The topological polar surface area (TPSA) is 89.1 Å². The van der Waals surface area contributed by atoms with Crippen LogP contribution < -0.4 is 0 Å². The van der Waals surface area contributed by atoms with E-state index in [2.05, 4.69) is 20.5 Å². The molecule has 0 bridgehead atoms. The molecular weight excluding hydrogens is 452 g/mol. The molecule has 4 aromatic heterocycles. The first-order valence-electron chi connectivity index (χ1n) is 13.1. The standard InChI is InChI=1S/C28H30N6O2/c1-28(2,36)21-7-6-15-10-20(33(24(15)31-21)12-14-4-5-14)26-30-19-9-16(11-29-25(19)32(26)3)27(35)34-13-17-8-18-22(17)23(18)34/h6-7,9-11,14,17-18,22-23,36H,4-5,8,12-13H2,1-3H3/t17-,18?,22+,23-/m1/s1. The van der Waals surface area contributed by atoms with E-state index in [1.165, 1.54) is 19.3 Å². The van der Waals surface area contributed by atoms with Gasteiger partial charge in [-0.15, -0.1) is 0 Å². The van der Waals surface area contributed by atoms with E-state index in [4.69, 9.17) is 9.97 Å². The Bertz CT molecular complexity index is 1590. The number of piperidine rings is 2. The van der Waals surface area contributed by atoms with Crippen molar-refractivity contribution in [2.75, 3.05) is 6.54 Å². The van der Waals surface area contributed by atoms with Gasteiger partial charge in [-0.1, -0.05) is 0 Å². The molecule has 1 aliphatic heterocycles. The second-order valence-electron chi connectivity index (χ2n) is 12.0. The first-order valence-corrected chi connectivity index (χ1v) is 13.1. The fourth-order valence-electron chi connectivity index (χ4n) is 6.83. The van der Waals surface area contributed by atoms with E-state index in [0.717, 1.165) is 64.6 Å². The quantitative estimate of drug-likeness (QED) is 0.468. The number of pyridine rings is 2. The molecule has 3 aliphatic carbocycles. The van der Waals surface area contributed by atoms with Crippen molar-refractivity contribution >= 4 is 28.1 Å². The van der Waals surface area contributed by atoms with E-state index >= 15 is 0 Å². The van der Waals surface area contributed by atoms with E-state index in [1.54, 1.807) is 20.0 Å². The maximum atomic E-state index is 13.3. The Morgan fingerprint density at radius 2 is 2.00 bits per heavy atom. The van der Waals surface area contributed by atoms with Gasteiger partial charge < -0.3 is 19.1 Å². The van der Waals surface area contributed by atoms with Crippen LogP contribution in [0.1, 0.15) is 49.2 Å². The predicted molar refractivity (Wildman–Crippen MR) is 135 cm³/mol. The maximum absolute atomic E-state index is 13.3. The Hall–Kier alpha value is -3.26. The summed E-state index contributed by atoms with van der Waals surface area (Å²) in [5.41, 5.74) is 3.65. The average Bonchev–Trinajstić information content (AvgIpc) is 3.65. The summed E-state index contributed by atoms with van der Waals surface area (Å²) in [5.74, 6) is 3.80. The number of imidazole rings is 1. The van der Waals surface area contributed by atoms with Crippen molar-refractivity contribution in [3.63, 3.8) is 0 Å². The van der Waals surface area contributed by atoms with E-state index in [-0.39, 0.29) is 5.91 Å². The maximum Gasteiger partial charge on any atom is 0.255 e. The monoisotopic (exact) mass is 482 g/mol. The summed E-state index contributed by atoms with van der Waals surface area (Å²) in [7, 11) is 1.98. The van der Waals surface area contributed by atoms with Crippen molar-refractivity contribution in [3.8, 4) is 11.5 Å². The van der Waals surface area contributed by atoms with Gasteiger partial charge in [0, 0.05) is 37.8 Å². The second-order valence-corrected chi connectivity index (χ2v) is 12.0. The smallest absolute Gasteiger partial charge is 0.255 e. The number of rotatable bonds is 5. The zero-order valence-electron chi connectivity index (χ0n) is 20.8. The number of aryl methyl sites for hydroxylation is 1. The first-order chi connectivity index (χ1) is 17.3. The molecule has 4 fully saturated rings. The highest BCUT2D eigenvalue weighted by Crippen LogP contribution is 2.67. The predicted octanol–water partition coefficient (Wildman–Crippen LogP) is 3.71. The van der Waals surface area contributed by atoms with Crippen LogP contribution in [0.15, 0.2) is 30.5 Å². The number of hydrogen-bond donors (Lipinski definition) is 1. The number of aliphatic hydroxyl groups is 1. The van der Waals surface area contributed by atoms with Crippen LogP contribution in [0.5, 0.6) is 0 Å². The molecule has 1 N–H and O–H groups in total. The fourth-order valence-corrected chi connectivity index (χ4v) is 6.83. The van der Waals surface area contributed by atoms with Crippen molar-refractivity contribution in [1.82, 2.24) is 29.0 Å². The van der Waals surface area contributed by atoms with Gasteiger partial charge in [0.2, 0.25) is 0 Å². The number of aromatic nitrogens is 5. The zero-order valence-corrected chi connectivity index (χ0v) is 20.8. The summed E-state index contributed by atoms with van der Waals surface area (Å²) in [6, 6.07) is 8.45. The highest BCUT2D eigenvalue weighted by molar-refractivity contribution is 5.97. The molecule has 36 heavy (non-hydrogen) atoms. The molecule has 184 valence electrons. The van der Waals surface area contributed by atoms with Gasteiger partial charge >= 0.3 is 0 Å². The normalized spacial score (nSPS) is 26.5. The van der Waals surface area contributed by atoms with Crippen LogP contribution in [-0.2, 0) is 19.2 Å². The summed E-state index contributed by atoms with van der Waals surface area (Å²) < 4.78 is 4.26. The molecule has 0 aromatic carbocycles. The molecule has 8 nitrogen and oxygen atoms in total. The minimum Gasteiger partial charge on any atom is -0.384 e. The minimum absolute atomic E-state index is 0.0995. The summed E-state index contributed by atoms with van der Waals surface area (Å²) in [6.07, 6.45) is 5.47.